The van der Waals surface area contributed by atoms with Gasteiger partial charge in [0, 0.05) is 44.4 Å². The average molecular weight is 346 g/mol. The molecule has 0 unspecified atom stereocenters. The number of aliphatic hydroxyl groups is 1. The molecule has 0 bridgehead atoms. The lowest BCUT2D eigenvalue weighted by atomic mass is 10.1. The number of nitrogens with zero attached hydrogens (tertiary/aromatic N) is 2. The SMILES string of the molecule is O=C(Cc1cc(F)c(F)cc1F)N(CCO)CCN1CCOCC1. The molecule has 0 radical (unpaired) electrons. The highest BCUT2D eigenvalue weighted by Gasteiger charge is 2.19. The van der Waals surface area contributed by atoms with Crippen molar-refractivity contribution in [3.05, 3.63) is 35.1 Å². The van der Waals surface area contributed by atoms with Gasteiger partial charge in [0.25, 0.3) is 0 Å². The lowest BCUT2D eigenvalue weighted by Gasteiger charge is -2.30. The molecule has 1 aromatic carbocycles. The van der Waals surface area contributed by atoms with E-state index in [1.54, 1.807) is 0 Å². The number of amides is 1. The van der Waals surface area contributed by atoms with Crippen molar-refractivity contribution < 1.29 is 27.8 Å². The Labute approximate surface area is 138 Å². The summed E-state index contributed by atoms with van der Waals surface area (Å²) >= 11 is 0. The zero-order chi connectivity index (χ0) is 17.5. The Balaban J connectivity index is 1.96. The summed E-state index contributed by atoms with van der Waals surface area (Å²) in [5, 5.41) is 9.11. The van der Waals surface area contributed by atoms with Gasteiger partial charge in [-0.2, -0.15) is 0 Å². The fourth-order valence-corrected chi connectivity index (χ4v) is 2.54. The van der Waals surface area contributed by atoms with E-state index in [1.165, 1.54) is 4.90 Å². The highest BCUT2D eigenvalue weighted by molar-refractivity contribution is 5.78. The summed E-state index contributed by atoms with van der Waals surface area (Å²) in [4.78, 5) is 15.8. The van der Waals surface area contributed by atoms with Crippen molar-refractivity contribution in [3.63, 3.8) is 0 Å². The number of hydrogen-bond acceptors (Lipinski definition) is 4. The zero-order valence-corrected chi connectivity index (χ0v) is 13.3. The predicted molar refractivity (Wildman–Crippen MR) is 80.9 cm³/mol. The number of aliphatic hydroxyl groups excluding tert-OH is 1. The van der Waals surface area contributed by atoms with Gasteiger partial charge < -0.3 is 14.7 Å². The number of ether oxygens (including phenoxy) is 1. The molecule has 0 spiro atoms. The van der Waals surface area contributed by atoms with Gasteiger partial charge in [-0.1, -0.05) is 0 Å². The molecular weight excluding hydrogens is 325 g/mol. The molecule has 0 aliphatic carbocycles. The van der Waals surface area contributed by atoms with Crippen molar-refractivity contribution in [2.75, 3.05) is 52.5 Å². The van der Waals surface area contributed by atoms with Crippen LogP contribution < -0.4 is 0 Å². The van der Waals surface area contributed by atoms with Crippen molar-refractivity contribution in [3.8, 4) is 0 Å². The van der Waals surface area contributed by atoms with Crippen LogP contribution >= 0.6 is 0 Å². The van der Waals surface area contributed by atoms with Gasteiger partial charge >= 0.3 is 0 Å². The van der Waals surface area contributed by atoms with Crippen LogP contribution in [0.25, 0.3) is 0 Å². The third-order valence-corrected chi connectivity index (χ3v) is 3.94. The minimum Gasteiger partial charge on any atom is -0.395 e. The molecule has 1 saturated heterocycles. The molecule has 24 heavy (non-hydrogen) atoms. The molecule has 1 amide bonds. The average Bonchev–Trinajstić information content (AvgIpc) is 2.57. The molecule has 2 rings (SSSR count). The Kier molecular flexibility index (Phi) is 7.01. The quantitative estimate of drug-likeness (QED) is 0.742. The maximum atomic E-state index is 13.7. The number of benzene rings is 1. The molecule has 134 valence electrons. The number of morpholine rings is 1. The second-order valence-electron chi connectivity index (χ2n) is 5.59. The largest absolute Gasteiger partial charge is 0.395 e. The first kappa shape index (κ1) is 18.7. The Morgan fingerprint density at radius 1 is 1.12 bits per heavy atom. The second kappa shape index (κ2) is 9.00. The zero-order valence-electron chi connectivity index (χ0n) is 13.3. The number of carbonyl (C=O) groups excluding carboxylic acids is 1. The molecule has 1 aliphatic heterocycles. The summed E-state index contributed by atoms with van der Waals surface area (Å²) in [7, 11) is 0. The van der Waals surface area contributed by atoms with Gasteiger partial charge in [0.05, 0.1) is 26.2 Å². The van der Waals surface area contributed by atoms with Gasteiger partial charge in [-0.15, -0.1) is 0 Å². The summed E-state index contributed by atoms with van der Waals surface area (Å²) in [6, 6.07) is 1.13. The standard InChI is InChI=1S/C16H21F3N2O3/c17-13-11-15(19)14(18)9-12(13)10-16(23)21(3-6-22)2-1-20-4-7-24-8-5-20/h9,11,22H,1-8,10H2. The third-order valence-electron chi connectivity index (χ3n) is 3.94. The molecule has 1 N–H and O–H groups in total. The molecule has 0 atom stereocenters. The Morgan fingerprint density at radius 3 is 2.46 bits per heavy atom. The first-order valence-electron chi connectivity index (χ1n) is 7.83. The molecule has 0 saturated carbocycles. The molecule has 1 aromatic rings. The summed E-state index contributed by atoms with van der Waals surface area (Å²) in [5.41, 5.74) is -0.201. The number of carbonyl (C=O) groups is 1. The van der Waals surface area contributed by atoms with Crippen LogP contribution in [0, 0.1) is 17.5 Å². The van der Waals surface area contributed by atoms with E-state index in [4.69, 9.17) is 9.84 Å². The molecule has 8 heteroatoms. The van der Waals surface area contributed by atoms with Crippen LogP contribution in [0.1, 0.15) is 5.56 Å². The van der Waals surface area contributed by atoms with Gasteiger partial charge in [-0.3, -0.25) is 9.69 Å². The summed E-state index contributed by atoms with van der Waals surface area (Å²) in [6.07, 6.45) is -0.383. The van der Waals surface area contributed by atoms with E-state index in [-0.39, 0.29) is 25.1 Å². The Bertz CT molecular complexity index is 566. The van der Waals surface area contributed by atoms with Gasteiger partial charge in [-0.25, -0.2) is 13.2 Å². The number of rotatable bonds is 7. The molecular formula is C16H21F3N2O3. The molecule has 1 fully saturated rings. The Morgan fingerprint density at radius 2 is 1.79 bits per heavy atom. The van der Waals surface area contributed by atoms with E-state index in [0.717, 1.165) is 13.1 Å². The van der Waals surface area contributed by atoms with Crippen molar-refractivity contribution in [2.24, 2.45) is 0 Å². The first-order valence-corrected chi connectivity index (χ1v) is 7.83. The molecule has 1 aliphatic rings. The lowest BCUT2D eigenvalue weighted by molar-refractivity contribution is -0.131. The summed E-state index contributed by atoms with van der Waals surface area (Å²) in [5.74, 6) is -3.88. The first-order chi connectivity index (χ1) is 11.5. The van der Waals surface area contributed by atoms with Crippen molar-refractivity contribution >= 4 is 5.91 Å². The normalized spacial score (nSPS) is 15.5. The van der Waals surface area contributed by atoms with Crippen LogP contribution in [-0.4, -0.2) is 73.4 Å². The highest BCUT2D eigenvalue weighted by Crippen LogP contribution is 2.15. The van der Waals surface area contributed by atoms with Gasteiger partial charge in [0.15, 0.2) is 11.6 Å². The molecule has 0 aromatic heterocycles. The van der Waals surface area contributed by atoms with E-state index in [1.807, 2.05) is 0 Å². The fraction of sp³-hybridized carbons (Fsp3) is 0.562. The minimum absolute atomic E-state index is 0.106. The lowest BCUT2D eigenvalue weighted by Crippen LogP contribution is -2.44. The van der Waals surface area contributed by atoms with Gasteiger partial charge in [-0.05, 0) is 6.07 Å². The number of hydrogen-bond donors (Lipinski definition) is 1. The van der Waals surface area contributed by atoms with E-state index in [9.17, 15) is 18.0 Å². The minimum atomic E-state index is -1.29. The molecule has 1 heterocycles. The number of halogens is 3. The van der Waals surface area contributed by atoms with Crippen LogP contribution in [0.15, 0.2) is 12.1 Å². The maximum Gasteiger partial charge on any atom is 0.227 e. The van der Waals surface area contributed by atoms with Gasteiger partial charge in [0.2, 0.25) is 5.91 Å². The smallest absolute Gasteiger partial charge is 0.227 e. The molecule has 5 nitrogen and oxygen atoms in total. The monoisotopic (exact) mass is 346 g/mol. The van der Waals surface area contributed by atoms with E-state index >= 15 is 0 Å². The fourth-order valence-electron chi connectivity index (χ4n) is 2.54. The van der Waals surface area contributed by atoms with Gasteiger partial charge in [0.1, 0.15) is 5.82 Å². The van der Waals surface area contributed by atoms with Crippen LogP contribution in [0.4, 0.5) is 13.2 Å². The van der Waals surface area contributed by atoms with Crippen molar-refractivity contribution in [1.82, 2.24) is 9.80 Å². The highest BCUT2D eigenvalue weighted by atomic mass is 19.2. The predicted octanol–water partition coefficient (Wildman–Crippen LogP) is 0.800. The summed E-state index contributed by atoms with van der Waals surface area (Å²) < 4.78 is 45.1. The van der Waals surface area contributed by atoms with Crippen LogP contribution in [-0.2, 0) is 16.0 Å². The topological polar surface area (TPSA) is 53.0 Å². The second-order valence-corrected chi connectivity index (χ2v) is 5.59. The van der Waals surface area contributed by atoms with Crippen LogP contribution in [0.5, 0.6) is 0 Å². The van der Waals surface area contributed by atoms with Crippen LogP contribution in [0.2, 0.25) is 0 Å². The Hall–Kier alpha value is -1.64. The summed E-state index contributed by atoms with van der Waals surface area (Å²) in [6.45, 7) is 3.64. The van der Waals surface area contributed by atoms with Crippen molar-refractivity contribution in [2.45, 2.75) is 6.42 Å². The van der Waals surface area contributed by atoms with E-state index < -0.39 is 23.4 Å². The van der Waals surface area contributed by atoms with E-state index in [2.05, 4.69) is 4.90 Å². The van der Waals surface area contributed by atoms with E-state index in [0.29, 0.717) is 38.4 Å². The third kappa shape index (κ3) is 5.19. The maximum absolute atomic E-state index is 13.7. The van der Waals surface area contributed by atoms with Crippen molar-refractivity contribution in [1.29, 1.82) is 0 Å². The van der Waals surface area contributed by atoms with Crippen LogP contribution in [0.3, 0.4) is 0 Å².